The minimum atomic E-state index is -1.30. The largest absolute Gasteiger partial charge is 0.477 e. The standard InChI is InChI=1S/C14H13Cl2N3O3/c15-9-2-1-7(5-10(9)16)13(20)19-4-3-11(17)8(6-19)12(18)14(21)22/h1-2,5,17H,3-4,6,18H2,(H,21,22)/b12-8-,17-11?. The maximum atomic E-state index is 12.5. The van der Waals surface area contributed by atoms with Crippen LogP contribution in [-0.2, 0) is 4.79 Å². The summed E-state index contributed by atoms with van der Waals surface area (Å²) in [7, 11) is 0. The van der Waals surface area contributed by atoms with E-state index in [2.05, 4.69) is 0 Å². The SMILES string of the molecule is N=C1CCN(C(=O)c2ccc(Cl)c(Cl)c2)C/C1=C(/N)C(=O)O. The van der Waals surface area contributed by atoms with E-state index in [9.17, 15) is 9.59 Å². The van der Waals surface area contributed by atoms with Crippen molar-refractivity contribution in [2.24, 2.45) is 5.73 Å². The van der Waals surface area contributed by atoms with Gasteiger partial charge in [-0.3, -0.25) is 4.79 Å². The number of rotatable bonds is 2. The molecular formula is C14H13Cl2N3O3. The predicted octanol–water partition coefficient (Wildman–Crippen LogP) is 2.16. The molecule has 0 unspecified atom stereocenters. The minimum absolute atomic E-state index is 0.0178. The molecule has 1 aromatic carbocycles. The number of carboxylic acids is 1. The van der Waals surface area contributed by atoms with Gasteiger partial charge in [-0.2, -0.15) is 0 Å². The molecule has 1 fully saturated rings. The van der Waals surface area contributed by atoms with Crippen LogP contribution in [-0.4, -0.2) is 40.7 Å². The van der Waals surface area contributed by atoms with Crippen LogP contribution in [0.15, 0.2) is 29.5 Å². The summed E-state index contributed by atoms with van der Waals surface area (Å²) in [5, 5.41) is 17.3. The fraction of sp³-hybridized carbons (Fsp3) is 0.214. The molecule has 0 bridgehead atoms. The Balaban J connectivity index is 2.27. The summed E-state index contributed by atoms with van der Waals surface area (Å²) in [4.78, 5) is 24.8. The van der Waals surface area contributed by atoms with Gasteiger partial charge in [-0.15, -0.1) is 0 Å². The first-order valence-electron chi connectivity index (χ1n) is 6.35. The number of nitrogens with zero attached hydrogens (tertiary/aromatic N) is 1. The first kappa shape index (κ1) is 16.3. The molecule has 2 rings (SSSR count). The lowest BCUT2D eigenvalue weighted by Gasteiger charge is -2.30. The predicted molar refractivity (Wildman–Crippen MR) is 83.6 cm³/mol. The molecule has 0 saturated carbocycles. The summed E-state index contributed by atoms with van der Waals surface area (Å²) in [6.45, 7) is 0.296. The molecule has 0 atom stereocenters. The van der Waals surface area contributed by atoms with Gasteiger partial charge in [-0.25, -0.2) is 4.79 Å². The zero-order valence-corrected chi connectivity index (χ0v) is 12.9. The van der Waals surface area contributed by atoms with E-state index in [1.165, 1.54) is 17.0 Å². The molecule has 1 amide bonds. The Morgan fingerprint density at radius 1 is 1.27 bits per heavy atom. The monoisotopic (exact) mass is 341 g/mol. The van der Waals surface area contributed by atoms with Gasteiger partial charge < -0.3 is 21.1 Å². The number of likely N-dealkylation sites (tertiary alicyclic amines) is 1. The van der Waals surface area contributed by atoms with E-state index in [0.29, 0.717) is 17.1 Å². The molecular weight excluding hydrogens is 329 g/mol. The molecule has 4 N–H and O–H groups in total. The third-order valence-electron chi connectivity index (χ3n) is 3.35. The molecule has 0 aliphatic carbocycles. The summed E-state index contributed by atoms with van der Waals surface area (Å²) in [6.07, 6.45) is 0.246. The molecule has 116 valence electrons. The number of benzene rings is 1. The third-order valence-corrected chi connectivity index (χ3v) is 4.09. The van der Waals surface area contributed by atoms with Crippen LogP contribution in [0.25, 0.3) is 0 Å². The Labute approximate surface area is 136 Å². The van der Waals surface area contributed by atoms with Crippen LogP contribution in [0.1, 0.15) is 16.8 Å². The van der Waals surface area contributed by atoms with Crippen LogP contribution >= 0.6 is 23.2 Å². The van der Waals surface area contributed by atoms with Crippen LogP contribution in [0.2, 0.25) is 10.0 Å². The normalized spacial score (nSPS) is 17.4. The highest BCUT2D eigenvalue weighted by Gasteiger charge is 2.27. The maximum Gasteiger partial charge on any atom is 0.352 e. The molecule has 0 radical (unpaired) electrons. The van der Waals surface area contributed by atoms with Crippen LogP contribution in [0.5, 0.6) is 0 Å². The van der Waals surface area contributed by atoms with Gasteiger partial charge in [0.1, 0.15) is 5.70 Å². The number of carboxylic acid groups (broad SMARTS) is 1. The number of hydrogen-bond acceptors (Lipinski definition) is 4. The van der Waals surface area contributed by atoms with Crippen molar-refractivity contribution in [1.82, 2.24) is 4.90 Å². The lowest BCUT2D eigenvalue weighted by molar-refractivity contribution is -0.132. The van der Waals surface area contributed by atoms with Gasteiger partial charge in [-0.05, 0) is 18.2 Å². The molecule has 6 nitrogen and oxygen atoms in total. The number of nitrogens with two attached hydrogens (primary N) is 1. The average Bonchev–Trinajstić information content (AvgIpc) is 2.49. The molecule has 1 saturated heterocycles. The van der Waals surface area contributed by atoms with Gasteiger partial charge in [-0.1, -0.05) is 23.2 Å². The Kier molecular flexibility index (Phi) is 4.73. The topological polar surface area (TPSA) is 107 Å². The lowest BCUT2D eigenvalue weighted by Crippen LogP contribution is -2.41. The molecule has 0 spiro atoms. The smallest absolute Gasteiger partial charge is 0.352 e. The number of carbonyl (C=O) groups excluding carboxylic acids is 1. The summed E-state index contributed by atoms with van der Waals surface area (Å²) >= 11 is 11.7. The van der Waals surface area contributed by atoms with Gasteiger partial charge in [0.25, 0.3) is 5.91 Å². The summed E-state index contributed by atoms with van der Waals surface area (Å²) < 4.78 is 0. The van der Waals surface area contributed by atoms with Crippen molar-refractivity contribution in [2.45, 2.75) is 6.42 Å². The van der Waals surface area contributed by atoms with Crippen LogP contribution < -0.4 is 5.73 Å². The second-order valence-corrected chi connectivity index (χ2v) is 5.60. The molecule has 8 heteroatoms. The average molecular weight is 342 g/mol. The highest BCUT2D eigenvalue weighted by atomic mass is 35.5. The molecule has 22 heavy (non-hydrogen) atoms. The number of piperidine rings is 1. The highest BCUT2D eigenvalue weighted by molar-refractivity contribution is 6.42. The quantitative estimate of drug-likeness (QED) is 0.716. The van der Waals surface area contributed by atoms with Gasteiger partial charge in [0.05, 0.1) is 16.6 Å². The first-order chi connectivity index (χ1) is 10.3. The van der Waals surface area contributed by atoms with Crippen LogP contribution in [0, 0.1) is 5.41 Å². The summed E-state index contributed by atoms with van der Waals surface area (Å²) in [5.41, 5.74) is 5.72. The van der Waals surface area contributed by atoms with Crippen LogP contribution in [0.3, 0.4) is 0 Å². The van der Waals surface area contributed by atoms with Crippen molar-refractivity contribution in [3.8, 4) is 0 Å². The zero-order chi connectivity index (χ0) is 16.4. The molecule has 1 heterocycles. The van der Waals surface area contributed by atoms with Crippen LogP contribution in [0.4, 0.5) is 0 Å². The molecule has 1 aromatic rings. The Hall–Kier alpha value is -2.05. The minimum Gasteiger partial charge on any atom is -0.477 e. The van der Waals surface area contributed by atoms with E-state index >= 15 is 0 Å². The Bertz CT molecular complexity index is 701. The van der Waals surface area contributed by atoms with E-state index in [0.717, 1.165) is 0 Å². The maximum absolute atomic E-state index is 12.5. The number of amides is 1. The fourth-order valence-corrected chi connectivity index (χ4v) is 2.42. The van der Waals surface area contributed by atoms with E-state index in [1.807, 2.05) is 0 Å². The van der Waals surface area contributed by atoms with Gasteiger partial charge >= 0.3 is 5.97 Å². The van der Waals surface area contributed by atoms with Gasteiger partial charge in [0.15, 0.2) is 0 Å². The first-order valence-corrected chi connectivity index (χ1v) is 7.11. The van der Waals surface area contributed by atoms with E-state index in [-0.39, 0.29) is 35.2 Å². The molecule has 0 aromatic heterocycles. The van der Waals surface area contributed by atoms with Crippen molar-refractivity contribution in [1.29, 1.82) is 5.41 Å². The van der Waals surface area contributed by atoms with Crippen molar-refractivity contribution < 1.29 is 14.7 Å². The zero-order valence-electron chi connectivity index (χ0n) is 11.4. The fourth-order valence-electron chi connectivity index (χ4n) is 2.12. The van der Waals surface area contributed by atoms with E-state index in [1.54, 1.807) is 6.07 Å². The van der Waals surface area contributed by atoms with Crippen molar-refractivity contribution in [3.63, 3.8) is 0 Å². The van der Waals surface area contributed by atoms with E-state index in [4.69, 9.17) is 39.5 Å². The Morgan fingerprint density at radius 3 is 2.55 bits per heavy atom. The molecule has 1 aliphatic rings. The lowest BCUT2D eigenvalue weighted by atomic mass is 9.99. The van der Waals surface area contributed by atoms with Gasteiger partial charge in [0, 0.05) is 29.8 Å². The summed E-state index contributed by atoms with van der Waals surface area (Å²) in [5.74, 6) is -1.62. The van der Waals surface area contributed by atoms with Crippen molar-refractivity contribution >= 4 is 40.8 Å². The van der Waals surface area contributed by atoms with E-state index < -0.39 is 11.7 Å². The number of halogens is 2. The number of nitrogens with one attached hydrogen (secondary N) is 1. The third kappa shape index (κ3) is 3.23. The molecule has 1 aliphatic heterocycles. The number of hydrogen-bond donors (Lipinski definition) is 3. The second kappa shape index (κ2) is 6.37. The number of carbonyl (C=O) groups is 2. The second-order valence-electron chi connectivity index (χ2n) is 4.78. The van der Waals surface area contributed by atoms with Crippen molar-refractivity contribution in [2.75, 3.05) is 13.1 Å². The number of aliphatic carboxylic acids is 1. The highest BCUT2D eigenvalue weighted by Crippen LogP contribution is 2.24. The van der Waals surface area contributed by atoms with Gasteiger partial charge in [0.2, 0.25) is 0 Å². The Morgan fingerprint density at radius 2 is 1.95 bits per heavy atom. The summed E-state index contributed by atoms with van der Waals surface area (Å²) in [6, 6.07) is 4.52. The van der Waals surface area contributed by atoms with Crippen molar-refractivity contribution in [3.05, 3.63) is 45.1 Å².